The molecule has 5 nitrogen and oxygen atoms in total. The van der Waals surface area contributed by atoms with Gasteiger partial charge in [0.15, 0.2) is 0 Å². The maximum Gasteiger partial charge on any atom is 0.270 e. The number of aromatic nitrogens is 2. The summed E-state index contributed by atoms with van der Waals surface area (Å²) in [6, 6.07) is 11.3. The van der Waals surface area contributed by atoms with Gasteiger partial charge < -0.3 is 11.1 Å². The summed E-state index contributed by atoms with van der Waals surface area (Å²) in [5.41, 5.74) is 8.09. The Morgan fingerprint density at radius 2 is 2.11 bits per heavy atom. The Morgan fingerprint density at radius 3 is 2.63 bits per heavy atom. The van der Waals surface area contributed by atoms with E-state index in [0.29, 0.717) is 12.2 Å². The molecule has 2 rings (SSSR count). The first-order valence-corrected chi connectivity index (χ1v) is 6.18. The number of aryl methyl sites for hydroxylation is 2. The highest BCUT2D eigenvalue weighted by atomic mass is 16.2. The molecular formula is C14H18N4O. The minimum Gasteiger partial charge on any atom is -0.343 e. The van der Waals surface area contributed by atoms with E-state index in [1.54, 1.807) is 17.8 Å². The topological polar surface area (TPSA) is 72.9 Å². The van der Waals surface area contributed by atoms with Gasteiger partial charge >= 0.3 is 0 Å². The highest BCUT2D eigenvalue weighted by molar-refractivity contribution is 5.92. The summed E-state index contributed by atoms with van der Waals surface area (Å²) < 4.78 is 1.57. The number of nitrogens with zero attached hydrogens (tertiary/aromatic N) is 2. The Balaban J connectivity index is 2.15. The van der Waals surface area contributed by atoms with E-state index >= 15 is 0 Å². The number of rotatable bonds is 4. The van der Waals surface area contributed by atoms with E-state index in [0.717, 1.165) is 11.3 Å². The van der Waals surface area contributed by atoms with E-state index in [1.165, 1.54) is 0 Å². The van der Waals surface area contributed by atoms with Crippen LogP contribution >= 0.6 is 0 Å². The number of hydrogen-bond donors (Lipinski definition) is 2. The summed E-state index contributed by atoms with van der Waals surface area (Å²) in [6.45, 7) is 2.21. The van der Waals surface area contributed by atoms with Gasteiger partial charge in [-0.2, -0.15) is 5.10 Å². The molecule has 0 saturated carbocycles. The summed E-state index contributed by atoms with van der Waals surface area (Å²) in [6.07, 6.45) is 0. The minimum atomic E-state index is -0.191. The molecule has 0 bridgehead atoms. The first kappa shape index (κ1) is 13.3. The van der Waals surface area contributed by atoms with Crippen molar-refractivity contribution in [2.45, 2.75) is 13.0 Å². The molecular weight excluding hydrogens is 240 g/mol. The molecule has 19 heavy (non-hydrogen) atoms. The van der Waals surface area contributed by atoms with Gasteiger partial charge in [0.1, 0.15) is 5.69 Å². The van der Waals surface area contributed by atoms with Crippen LogP contribution < -0.4 is 11.1 Å². The Morgan fingerprint density at radius 1 is 1.42 bits per heavy atom. The largest absolute Gasteiger partial charge is 0.343 e. The van der Waals surface area contributed by atoms with Crippen molar-refractivity contribution in [3.63, 3.8) is 0 Å². The third kappa shape index (κ3) is 3.00. The molecule has 0 aliphatic heterocycles. The predicted octanol–water partition coefficient (Wildman–Crippen LogP) is 1.16. The highest BCUT2D eigenvalue weighted by Crippen LogP contribution is 2.12. The van der Waals surface area contributed by atoms with Gasteiger partial charge in [-0.15, -0.1) is 0 Å². The fraction of sp³-hybridized carbons (Fsp3) is 0.286. The standard InChI is InChI=1S/C14H18N4O/c1-10-8-13(18(2)17-10)14(19)16-12(9-15)11-6-4-3-5-7-11/h3-8,12H,9,15H2,1-2H3,(H,16,19). The lowest BCUT2D eigenvalue weighted by molar-refractivity contribution is 0.0928. The maximum absolute atomic E-state index is 12.2. The molecule has 1 unspecified atom stereocenters. The predicted molar refractivity (Wildman–Crippen MR) is 73.6 cm³/mol. The van der Waals surface area contributed by atoms with E-state index in [1.807, 2.05) is 37.3 Å². The van der Waals surface area contributed by atoms with Gasteiger partial charge in [0, 0.05) is 13.6 Å². The Labute approximate surface area is 112 Å². The Kier molecular flexibility index (Phi) is 3.97. The molecule has 0 aliphatic carbocycles. The highest BCUT2D eigenvalue weighted by Gasteiger charge is 2.17. The lowest BCUT2D eigenvalue weighted by Gasteiger charge is -2.17. The molecule has 0 radical (unpaired) electrons. The van der Waals surface area contributed by atoms with Gasteiger partial charge in [-0.05, 0) is 18.6 Å². The molecule has 5 heteroatoms. The van der Waals surface area contributed by atoms with E-state index in [4.69, 9.17) is 5.73 Å². The number of hydrogen-bond acceptors (Lipinski definition) is 3. The average Bonchev–Trinajstić information content (AvgIpc) is 2.76. The van der Waals surface area contributed by atoms with Gasteiger partial charge in [-0.1, -0.05) is 30.3 Å². The molecule has 1 amide bonds. The van der Waals surface area contributed by atoms with Crippen molar-refractivity contribution >= 4 is 5.91 Å². The zero-order chi connectivity index (χ0) is 13.8. The van der Waals surface area contributed by atoms with Crippen molar-refractivity contribution in [3.05, 3.63) is 53.3 Å². The molecule has 0 spiro atoms. The lowest BCUT2D eigenvalue weighted by atomic mass is 10.1. The van der Waals surface area contributed by atoms with Crippen LogP contribution in [0.3, 0.4) is 0 Å². The third-order valence-corrected chi connectivity index (χ3v) is 2.98. The lowest BCUT2D eigenvalue weighted by Crippen LogP contribution is -2.34. The average molecular weight is 258 g/mol. The first-order chi connectivity index (χ1) is 9.11. The van der Waals surface area contributed by atoms with E-state index in [2.05, 4.69) is 10.4 Å². The van der Waals surface area contributed by atoms with E-state index < -0.39 is 0 Å². The second-order valence-electron chi connectivity index (χ2n) is 4.47. The normalized spacial score (nSPS) is 12.2. The van der Waals surface area contributed by atoms with Crippen LogP contribution in [0.25, 0.3) is 0 Å². The molecule has 1 heterocycles. The SMILES string of the molecule is Cc1cc(C(=O)NC(CN)c2ccccc2)n(C)n1. The van der Waals surface area contributed by atoms with E-state index in [-0.39, 0.29) is 11.9 Å². The van der Waals surface area contributed by atoms with Crippen LogP contribution in [0.2, 0.25) is 0 Å². The van der Waals surface area contributed by atoms with Gasteiger partial charge in [0.25, 0.3) is 5.91 Å². The maximum atomic E-state index is 12.2. The first-order valence-electron chi connectivity index (χ1n) is 6.18. The van der Waals surface area contributed by atoms with Gasteiger partial charge in [0.2, 0.25) is 0 Å². The van der Waals surface area contributed by atoms with Crippen molar-refractivity contribution < 1.29 is 4.79 Å². The molecule has 1 aromatic heterocycles. The van der Waals surface area contributed by atoms with Crippen LogP contribution in [0.5, 0.6) is 0 Å². The molecule has 1 aromatic carbocycles. The van der Waals surface area contributed by atoms with Crippen LogP contribution in [0, 0.1) is 6.92 Å². The van der Waals surface area contributed by atoms with Crippen LogP contribution in [0.15, 0.2) is 36.4 Å². The number of benzene rings is 1. The van der Waals surface area contributed by atoms with Crippen LogP contribution in [0.1, 0.15) is 27.8 Å². The second kappa shape index (κ2) is 5.67. The monoisotopic (exact) mass is 258 g/mol. The summed E-state index contributed by atoms with van der Waals surface area (Å²) >= 11 is 0. The second-order valence-corrected chi connectivity index (χ2v) is 4.47. The zero-order valence-electron chi connectivity index (χ0n) is 11.1. The molecule has 1 atom stereocenters. The van der Waals surface area contributed by atoms with Crippen molar-refractivity contribution in [1.82, 2.24) is 15.1 Å². The third-order valence-electron chi connectivity index (χ3n) is 2.98. The van der Waals surface area contributed by atoms with Crippen molar-refractivity contribution in [2.75, 3.05) is 6.54 Å². The number of nitrogens with two attached hydrogens (primary N) is 1. The van der Waals surface area contributed by atoms with Crippen LogP contribution in [-0.4, -0.2) is 22.2 Å². The summed E-state index contributed by atoms with van der Waals surface area (Å²) in [4.78, 5) is 12.2. The molecule has 0 saturated heterocycles. The summed E-state index contributed by atoms with van der Waals surface area (Å²) in [5.74, 6) is -0.164. The van der Waals surface area contributed by atoms with E-state index in [9.17, 15) is 4.79 Å². The summed E-state index contributed by atoms with van der Waals surface area (Å²) in [5, 5.41) is 7.09. The fourth-order valence-corrected chi connectivity index (χ4v) is 2.02. The Hall–Kier alpha value is -2.14. The van der Waals surface area contributed by atoms with Gasteiger partial charge in [-0.3, -0.25) is 9.48 Å². The summed E-state index contributed by atoms with van der Waals surface area (Å²) in [7, 11) is 1.75. The van der Waals surface area contributed by atoms with Crippen molar-refractivity contribution in [3.8, 4) is 0 Å². The van der Waals surface area contributed by atoms with Crippen molar-refractivity contribution in [1.29, 1.82) is 0 Å². The Bertz CT molecular complexity index is 562. The van der Waals surface area contributed by atoms with Crippen molar-refractivity contribution in [2.24, 2.45) is 12.8 Å². The number of amides is 1. The molecule has 0 fully saturated rings. The molecule has 3 N–H and O–H groups in total. The fourth-order valence-electron chi connectivity index (χ4n) is 2.02. The number of carbonyl (C=O) groups excluding carboxylic acids is 1. The van der Waals surface area contributed by atoms with Gasteiger partial charge in [0.05, 0.1) is 11.7 Å². The zero-order valence-corrected chi connectivity index (χ0v) is 11.1. The quantitative estimate of drug-likeness (QED) is 0.864. The van der Waals surface area contributed by atoms with Crippen LogP contribution in [-0.2, 0) is 7.05 Å². The minimum absolute atomic E-state index is 0.164. The smallest absolute Gasteiger partial charge is 0.270 e. The molecule has 0 aliphatic rings. The number of carbonyl (C=O) groups is 1. The number of nitrogens with one attached hydrogen (secondary N) is 1. The molecule has 2 aromatic rings. The van der Waals surface area contributed by atoms with Crippen LogP contribution in [0.4, 0.5) is 0 Å². The molecule has 100 valence electrons. The van der Waals surface area contributed by atoms with Gasteiger partial charge in [-0.25, -0.2) is 0 Å².